The molecule has 2 rings (SSSR count). The van der Waals surface area contributed by atoms with Gasteiger partial charge in [-0.2, -0.15) is 0 Å². The highest BCUT2D eigenvalue weighted by atomic mass is 16.5. The fourth-order valence-electron chi connectivity index (χ4n) is 1.93. The smallest absolute Gasteiger partial charge is 0.347 e. The SMILES string of the molecule is C#CC(NC1=C(C(=O)OCC)C(=O)CO1)c1ccccc1. The molecule has 0 saturated heterocycles. The average molecular weight is 285 g/mol. The van der Waals surface area contributed by atoms with Gasteiger partial charge in [0.2, 0.25) is 11.7 Å². The molecular formula is C16H15NO4. The zero-order valence-corrected chi connectivity index (χ0v) is 11.6. The molecule has 1 aliphatic rings. The maximum atomic E-state index is 11.8. The van der Waals surface area contributed by atoms with Crippen LogP contribution in [0, 0.1) is 12.3 Å². The van der Waals surface area contributed by atoms with Crippen molar-refractivity contribution in [3.05, 3.63) is 47.4 Å². The van der Waals surface area contributed by atoms with Crippen LogP contribution >= 0.6 is 0 Å². The largest absolute Gasteiger partial charge is 0.470 e. The second kappa shape index (κ2) is 6.62. The van der Waals surface area contributed by atoms with E-state index in [0.29, 0.717) is 0 Å². The van der Waals surface area contributed by atoms with Gasteiger partial charge in [-0.3, -0.25) is 4.79 Å². The minimum Gasteiger partial charge on any atom is -0.470 e. The molecule has 5 nitrogen and oxygen atoms in total. The van der Waals surface area contributed by atoms with Crippen LogP contribution in [0.2, 0.25) is 0 Å². The van der Waals surface area contributed by atoms with Gasteiger partial charge in [0.15, 0.2) is 12.2 Å². The summed E-state index contributed by atoms with van der Waals surface area (Å²) in [7, 11) is 0. The molecule has 1 aromatic rings. The van der Waals surface area contributed by atoms with Gasteiger partial charge in [0.1, 0.15) is 6.04 Å². The summed E-state index contributed by atoms with van der Waals surface area (Å²) in [6.45, 7) is 1.66. The summed E-state index contributed by atoms with van der Waals surface area (Å²) < 4.78 is 10.1. The molecule has 21 heavy (non-hydrogen) atoms. The third-order valence-corrected chi connectivity index (χ3v) is 2.91. The molecule has 1 heterocycles. The summed E-state index contributed by atoms with van der Waals surface area (Å²) in [5.41, 5.74) is 0.715. The minimum absolute atomic E-state index is 0.0743. The lowest BCUT2D eigenvalue weighted by molar-refractivity contribution is -0.139. The predicted molar refractivity (Wildman–Crippen MR) is 75.8 cm³/mol. The van der Waals surface area contributed by atoms with E-state index in [-0.39, 0.29) is 24.7 Å². The molecule has 1 unspecified atom stereocenters. The Morgan fingerprint density at radius 3 is 2.81 bits per heavy atom. The predicted octanol–water partition coefficient (Wildman–Crippen LogP) is 1.32. The molecule has 1 aliphatic heterocycles. The van der Waals surface area contributed by atoms with Crippen LogP contribution < -0.4 is 5.32 Å². The summed E-state index contributed by atoms with van der Waals surface area (Å²) in [4.78, 5) is 23.5. The monoisotopic (exact) mass is 285 g/mol. The van der Waals surface area contributed by atoms with Crippen molar-refractivity contribution in [2.24, 2.45) is 0 Å². The lowest BCUT2D eigenvalue weighted by atomic mass is 10.1. The summed E-state index contributed by atoms with van der Waals surface area (Å²) in [5, 5.41) is 2.90. The highest BCUT2D eigenvalue weighted by molar-refractivity contribution is 6.19. The number of ether oxygens (including phenoxy) is 2. The Balaban J connectivity index is 2.25. The van der Waals surface area contributed by atoms with E-state index in [0.717, 1.165) is 5.56 Å². The van der Waals surface area contributed by atoms with Crippen LogP contribution in [0.15, 0.2) is 41.8 Å². The minimum atomic E-state index is -0.702. The number of nitrogens with one attached hydrogen (secondary N) is 1. The third kappa shape index (κ3) is 3.23. The topological polar surface area (TPSA) is 64.6 Å². The summed E-state index contributed by atoms with van der Waals surface area (Å²) in [5.74, 6) is 1.52. The van der Waals surface area contributed by atoms with Gasteiger partial charge < -0.3 is 14.8 Å². The Bertz CT molecular complexity index is 613. The molecule has 0 radical (unpaired) electrons. The van der Waals surface area contributed by atoms with Gasteiger partial charge >= 0.3 is 5.97 Å². The van der Waals surface area contributed by atoms with Crippen molar-refractivity contribution < 1.29 is 19.1 Å². The lowest BCUT2D eigenvalue weighted by Crippen LogP contribution is -2.23. The number of hydrogen-bond acceptors (Lipinski definition) is 5. The Labute approximate surface area is 122 Å². The van der Waals surface area contributed by atoms with Crippen molar-refractivity contribution in [3.63, 3.8) is 0 Å². The second-order valence-electron chi connectivity index (χ2n) is 4.29. The molecule has 0 saturated carbocycles. The van der Waals surface area contributed by atoms with Crippen molar-refractivity contribution in [1.82, 2.24) is 5.32 Å². The number of hydrogen-bond donors (Lipinski definition) is 1. The van der Waals surface area contributed by atoms with Gasteiger partial charge in [0.25, 0.3) is 0 Å². The van der Waals surface area contributed by atoms with Gasteiger partial charge in [-0.1, -0.05) is 36.3 Å². The van der Waals surface area contributed by atoms with Gasteiger partial charge in [0, 0.05) is 0 Å². The quantitative estimate of drug-likeness (QED) is 0.502. The standard InChI is InChI=1S/C16H15NO4/c1-3-12(11-8-6-5-7-9-11)17-15-14(13(18)10-21-15)16(19)20-4-2/h1,5-9,12,17H,4,10H2,2H3. The normalized spacial score (nSPS) is 15.1. The zero-order chi connectivity index (χ0) is 15.2. The molecule has 0 amide bonds. The van der Waals surface area contributed by atoms with E-state index in [9.17, 15) is 9.59 Å². The number of benzene rings is 1. The molecule has 0 bridgehead atoms. The fraction of sp³-hybridized carbons (Fsp3) is 0.250. The third-order valence-electron chi connectivity index (χ3n) is 2.91. The van der Waals surface area contributed by atoms with Gasteiger partial charge in [-0.05, 0) is 12.5 Å². The van der Waals surface area contributed by atoms with Crippen molar-refractivity contribution in [2.45, 2.75) is 13.0 Å². The molecule has 0 aliphatic carbocycles. The highest BCUT2D eigenvalue weighted by Crippen LogP contribution is 2.20. The van der Waals surface area contributed by atoms with E-state index in [2.05, 4.69) is 11.2 Å². The average Bonchev–Trinajstić information content (AvgIpc) is 2.86. The number of esters is 1. The van der Waals surface area contributed by atoms with Crippen LogP contribution in [-0.2, 0) is 19.1 Å². The first-order valence-corrected chi connectivity index (χ1v) is 6.52. The van der Waals surface area contributed by atoms with Gasteiger partial charge in [-0.15, -0.1) is 6.42 Å². The Kier molecular flexibility index (Phi) is 4.62. The maximum absolute atomic E-state index is 11.8. The first kappa shape index (κ1) is 14.7. The van der Waals surface area contributed by atoms with E-state index in [4.69, 9.17) is 15.9 Å². The summed E-state index contributed by atoms with van der Waals surface area (Å²) >= 11 is 0. The summed E-state index contributed by atoms with van der Waals surface area (Å²) in [6, 6.07) is 8.76. The van der Waals surface area contributed by atoms with Crippen molar-refractivity contribution >= 4 is 11.8 Å². The van der Waals surface area contributed by atoms with E-state index < -0.39 is 17.8 Å². The van der Waals surface area contributed by atoms with Gasteiger partial charge in [-0.25, -0.2) is 4.79 Å². The molecule has 1 aromatic carbocycles. The van der Waals surface area contributed by atoms with Crippen LogP contribution in [-0.4, -0.2) is 25.0 Å². The Morgan fingerprint density at radius 2 is 2.19 bits per heavy atom. The van der Waals surface area contributed by atoms with Crippen LogP contribution in [0.25, 0.3) is 0 Å². The fourth-order valence-corrected chi connectivity index (χ4v) is 1.93. The van der Waals surface area contributed by atoms with Crippen LogP contribution in [0.5, 0.6) is 0 Å². The number of carbonyl (C=O) groups is 2. The number of rotatable bonds is 5. The van der Waals surface area contributed by atoms with E-state index in [1.54, 1.807) is 6.92 Å². The first-order chi connectivity index (χ1) is 10.2. The van der Waals surface area contributed by atoms with Crippen LogP contribution in [0.3, 0.4) is 0 Å². The van der Waals surface area contributed by atoms with E-state index in [1.807, 2.05) is 30.3 Å². The summed E-state index contributed by atoms with van der Waals surface area (Å²) in [6.07, 6.45) is 5.51. The number of Topliss-reactive ketones (excluding diaryl/α,β-unsaturated/α-hetero) is 1. The lowest BCUT2D eigenvalue weighted by Gasteiger charge is -2.15. The maximum Gasteiger partial charge on any atom is 0.347 e. The Hall–Kier alpha value is -2.74. The number of ketones is 1. The van der Waals surface area contributed by atoms with Crippen LogP contribution in [0.4, 0.5) is 0 Å². The molecule has 1 N–H and O–H groups in total. The van der Waals surface area contributed by atoms with Crippen LogP contribution in [0.1, 0.15) is 18.5 Å². The van der Waals surface area contributed by atoms with Crippen molar-refractivity contribution in [1.29, 1.82) is 0 Å². The Morgan fingerprint density at radius 1 is 1.48 bits per heavy atom. The molecule has 0 aromatic heterocycles. The molecule has 108 valence electrons. The molecule has 0 fully saturated rings. The van der Waals surface area contributed by atoms with Crippen molar-refractivity contribution in [2.75, 3.05) is 13.2 Å². The molecule has 1 atom stereocenters. The number of terminal acetylenes is 1. The first-order valence-electron chi connectivity index (χ1n) is 6.52. The zero-order valence-electron chi connectivity index (χ0n) is 11.6. The second-order valence-corrected chi connectivity index (χ2v) is 4.29. The van der Waals surface area contributed by atoms with Gasteiger partial charge in [0.05, 0.1) is 6.61 Å². The van der Waals surface area contributed by atoms with Crippen molar-refractivity contribution in [3.8, 4) is 12.3 Å². The molecule has 5 heteroatoms. The number of carbonyl (C=O) groups excluding carboxylic acids is 2. The molecular weight excluding hydrogens is 270 g/mol. The van der Waals surface area contributed by atoms with E-state index in [1.165, 1.54) is 0 Å². The highest BCUT2D eigenvalue weighted by Gasteiger charge is 2.33. The molecule has 0 spiro atoms. The van der Waals surface area contributed by atoms with E-state index >= 15 is 0 Å².